The number of pyridine rings is 1. The highest BCUT2D eigenvalue weighted by molar-refractivity contribution is 5.81. The fraction of sp³-hybridized carbons (Fsp3) is 0.579. The van der Waals surface area contributed by atoms with Gasteiger partial charge in [0.25, 0.3) is 0 Å². The van der Waals surface area contributed by atoms with E-state index in [0.717, 1.165) is 44.6 Å². The van der Waals surface area contributed by atoms with Gasteiger partial charge in [0, 0.05) is 50.2 Å². The lowest BCUT2D eigenvalue weighted by Crippen LogP contribution is -2.54. The summed E-state index contributed by atoms with van der Waals surface area (Å²) in [6.07, 6.45) is 5.69. The van der Waals surface area contributed by atoms with Crippen LogP contribution in [0.2, 0.25) is 0 Å². The van der Waals surface area contributed by atoms with Gasteiger partial charge in [-0.05, 0) is 38.8 Å². The lowest BCUT2D eigenvalue weighted by Gasteiger charge is -2.39. The summed E-state index contributed by atoms with van der Waals surface area (Å²) in [5.41, 5.74) is 0.847. The Morgan fingerprint density at radius 1 is 1.22 bits per heavy atom. The molecule has 2 atom stereocenters. The lowest BCUT2D eigenvalue weighted by atomic mass is 10.1. The molecular formula is C19H26N6O2. The average Bonchev–Trinajstić information content (AvgIpc) is 3.39. The lowest BCUT2D eigenvalue weighted by molar-refractivity contribution is -0.126. The van der Waals surface area contributed by atoms with Crippen molar-refractivity contribution in [2.45, 2.75) is 44.8 Å². The molecule has 1 aliphatic heterocycles. The highest BCUT2D eigenvalue weighted by Crippen LogP contribution is 2.24. The third kappa shape index (κ3) is 4.17. The number of nitrogens with zero attached hydrogens (tertiary/aromatic N) is 5. The van der Waals surface area contributed by atoms with Gasteiger partial charge in [0.2, 0.25) is 17.6 Å². The van der Waals surface area contributed by atoms with Gasteiger partial charge >= 0.3 is 0 Å². The second kappa shape index (κ2) is 7.74. The Kier molecular flexibility index (Phi) is 5.18. The van der Waals surface area contributed by atoms with Gasteiger partial charge in [-0.2, -0.15) is 4.98 Å². The minimum Gasteiger partial charge on any atom is -0.352 e. The molecular weight excluding hydrogens is 344 g/mol. The largest absolute Gasteiger partial charge is 0.352 e. The summed E-state index contributed by atoms with van der Waals surface area (Å²) >= 11 is 0. The monoisotopic (exact) mass is 370 g/mol. The molecule has 2 aromatic rings. The summed E-state index contributed by atoms with van der Waals surface area (Å²) in [5.74, 6) is 1.33. The van der Waals surface area contributed by atoms with Gasteiger partial charge < -0.3 is 9.84 Å². The van der Waals surface area contributed by atoms with E-state index in [2.05, 4.69) is 37.2 Å². The molecule has 8 heteroatoms. The van der Waals surface area contributed by atoms with E-state index in [1.807, 2.05) is 19.1 Å². The predicted molar refractivity (Wildman–Crippen MR) is 99.7 cm³/mol. The molecule has 2 aromatic heterocycles. The molecule has 0 radical (unpaired) electrons. The summed E-state index contributed by atoms with van der Waals surface area (Å²) in [7, 11) is 0. The van der Waals surface area contributed by atoms with Crippen molar-refractivity contribution in [1.82, 2.24) is 30.2 Å². The third-order valence-electron chi connectivity index (χ3n) is 5.47. The van der Waals surface area contributed by atoms with Crippen molar-refractivity contribution in [3.05, 3.63) is 30.4 Å². The van der Waals surface area contributed by atoms with Crippen LogP contribution in [0.1, 0.15) is 38.6 Å². The van der Waals surface area contributed by atoms with Crippen molar-refractivity contribution in [2.75, 3.05) is 26.2 Å². The Labute approximate surface area is 158 Å². The molecule has 8 nitrogen and oxygen atoms in total. The van der Waals surface area contributed by atoms with E-state index in [-0.39, 0.29) is 18.0 Å². The average molecular weight is 370 g/mol. The first-order valence-corrected chi connectivity index (χ1v) is 9.64. The number of piperazine rings is 1. The van der Waals surface area contributed by atoms with Crippen LogP contribution in [0.4, 0.5) is 0 Å². The van der Waals surface area contributed by atoms with Crippen molar-refractivity contribution >= 4 is 5.91 Å². The van der Waals surface area contributed by atoms with Crippen LogP contribution in [0.5, 0.6) is 0 Å². The zero-order valence-corrected chi connectivity index (χ0v) is 15.8. The first kappa shape index (κ1) is 18.1. The van der Waals surface area contributed by atoms with E-state index in [9.17, 15) is 4.79 Å². The summed E-state index contributed by atoms with van der Waals surface area (Å²) < 4.78 is 5.49. The Balaban J connectivity index is 1.32. The summed E-state index contributed by atoms with van der Waals surface area (Å²) in [5, 5.41) is 7.18. The van der Waals surface area contributed by atoms with Gasteiger partial charge in [-0.1, -0.05) is 5.16 Å². The number of nitrogens with one attached hydrogen (secondary N) is 1. The van der Waals surface area contributed by atoms with Gasteiger partial charge in [-0.25, -0.2) is 0 Å². The fourth-order valence-corrected chi connectivity index (χ4v) is 3.40. The van der Waals surface area contributed by atoms with E-state index < -0.39 is 0 Å². The molecule has 1 saturated heterocycles. The summed E-state index contributed by atoms with van der Waals surface area (Å²) in [6.45, 7) is 7.52. The first-order chi connectivity index (χ1) is 13.1. The molecule has 1 amide bonds. The normalized spacial score (nSPS) is 21.0. The molecule has 27 heavy (non-hydrogen) atoms. The van der Waals surface area contributed by atoms with Crippen LogP contribution in [-0.4, -0.2) is 69.1 Å². The Bertz CT molecular complexity index is 768. The summed E-state index contributed by atoms with van der Waals surface area (Å²) in [4.78, 5) is 25.5. The van der Waals surface area contributed by atoms with E-state index in [1.54, 1.807) is 12.4 Å². The number of carbonyl (C=O) groups is 1. The molecule has 3 heterocycles. The first-order valence-electron chi connectivity index (χ1n) is 9.64. The van der Waals surface area contributed by atoms with Crippen molar-refractivity contribution in [3.63, 3.8) is 0 Å². The maximum atomic E-state index is 12.3. The molecule has 144 valence electrons. The van der Waals surface area contributed by atoms with Crippen molar-refractivity contribution < 1.29 is 9.32 Å². The molecule has 0 bridgehead atoms. The number of hydrogen-bond donors (Lipinski definition) is 1. The molecule has 0 spiro atoms. The molecule has 4 rings (SSSR count). The standard InChI is InChI=1S/C19H26N6O2/c1-13(18(26)21-16-5-6-16)24-8-10-25(11-9-24)14(2)19-22-17(23-27-19)15-4-3-7-20-12-15/h3-4,7,12-14,16H,5-6,8-11H2,1-2H3,(H,21,26)/t13-,14-/m1/s1. The topological polar surface area (TPSA) is 87.4 Å². The molecule has 0 unspecified atom stereocenters. The maximum absolute atomic E-state index is 12.3. The number of amides is 1. The van der Waals surface area contributed by atoms with Crippen LogP contribution < -0.4 is 5.32 Å². The van der Waals surface area contributed by atoms with Gasteiger partial charge in [0.05, 0.1) is 12.1 Å². The Hall–Kier alpha value is -2.32. The molecule has 1 N–H and O–H groups in total. The summed E-state index contributed by atoms with van der Waals surface area (Å²) in [6, 6.07) is 4.14. The van der Waals surface area contributed by atoms with Gasteiger partial charge in [0.15, 0.2) is 0 Å². The van der Waals surface area contributed by atoms with E-state index in [1.165, 1.54) is 0 Å². The molecule has 1 aliphatic carbocycles. The van der Waals surface area contributed by atoms with E-state index in [4.69, 9.17) is 4.52 Å². The molecule has 2 aliphatic rings. The van der Waals surface area contributed by atoms with Crippen molar-refractivity contribution in [2.24, 2.45) is 0 Å². The van der Waals surface area contributed by atoms with Crippen LogP contribution in [0.3, 0.4) is 0 Å². The van der Waals surface area contributed by atoms with Gasteiger partial charge in [0.1, 0.15) is 0 Å². The van der Waals surface area contributed by atoms with Gasteiger partial charge in [-0.3, -0.25) is 19.6 Å². The smallest absolute Gasteiger partial charge is 0.244 e. The molecule has 0 aromatic carbocycles. The number of aromatic nitrogens is 3. The predicted octanol–water partition coefficient (Wildman–Crippen LogP) is 1.48. The zero-order valence-electron chi connectivity index (χ0n) is 15.8. The number of carbonyl (C=O) groups excluding carboxylic acids is 1. The highest BCUT2D eigenvalue weighted by atomic mass is 16.5. The second-order valence-corrected chi connectivity index (χ2v) is 7.40. The van der Waals surface area contributed by atoms with Crippen molar-refractivity contribution in [3.8, 4) is 11.4 Å². The van der Waals surface area contributed by atoms with Crippen LogP contribution in [0, 0.1) is 0 Å². The van der Waals surface area contributed by atoms with Gasteiger partial charge in [-0.15, -0.1) is 0 Å². The van der Waals surface area contributed by atoms with E-state index >= 15 is 0 Å². The minimum absolute atomic E-state index is 0.0423. The number of hydrogen-bond acceptors (Lipinski definition) is 7. The zero-order chi connectivity index (χ0) is 18.8. The third-order valence-corrected chi connectivity index (χ3v) is 5.47. The Morgan fingerprint density at radius 2 is 1.96 bits per heavy atom. The van der Waals surface area contributed by atoms with Crippen molar-refractivity contribution in [1.29, 1.82) is 0 Å². The fourth-order valence-electron chi connectivity index (χ4n) is 3.40. The minimum atomic E-state index is -0.0800. The highest BCUT2D eigenvalue weighted by Gasteiger charge is 2.32. The maximum Gasteiger partial charge on any atom is 0.244 e. The van der Waals surface area contributed by atoms with Crippen LogP contribution in [0.15, 0.2) is 29.0 Å². The van der Waals surface area contributed by atoms with Crippen LogP contribution in [0.25, 0.3) is 11.4 Å². The molecule has 1 saturated carbocycles. The SMILES string of the molecule is C[C@H](C(=O)NC1CC1)N1CCN([C@H](C)c2nc(-c3cccnc3)no2)CC1. The quantitative estimate of drug-likeness (QED) is 0.824. The number of rotatable bonds is 6. The Morgan fingerprint density at radius 3 is 2.63 bits per heavy atom. The van der Waals surface area contributed by atoms with Crippen LogP contribution in [-0.2, 0) is 4.79 Å². The van der Waals surface area contributed by atoms with Crippen LogP contribution >= 0.6 is 0 Å². The van der Waals surface area contributed by atoms with E-state index in [0.29, 0.717) is 17.8 Å². The second-order valence-electron chi connectivity index (χ2n) is 7.40. The molecule has 2 fully saturated rings.